The van der Waals surface area contributed by atoms with Crippen LogP contribution in [0, 0.1) is 0 Å². The summed E-state index contributed by atoms with van der Waals surface area (Å²) >= 11 is 0.980. The van der Waals surface area contributed by atoms with Crippen molar-refractivity contribution in [3.63, 3.8) is 0 Å². The number of nitrogens with two attached hydrogens (primary N) is 1. The van der Waals surface area contributed by atoms with Crippen LogP contribution in [0.1, 0.15) is 25.3 Å². The van der Waals surface area contributed by atoms with Gasteiger partial charge in [0.2, 0.25) is 11.8 Å². The van der Waals surface area contributed by atoms with E-state index in [9.17, 15) is 29.4 Å². The van der Waals surface area contributed by atoms with Gasteiger partial charge in [-0.3, -0.25) is 19.2 Å². The fraction of sp³-hybridized carbons (Fsp3) is 0.500. The molecule has 1 aromatic carbocycles. The van der Waals surface area contributed by atoms with Crippen molar-refractivity contribution in [2.45, 2.75) is 49.2 Å². The minimum Gasteiger partial charge on any atom is -0.504 e. The highest BCUT2D eigenvalue weighted by Crippen LogP contribution is 2.37. The van der Waals surface area contributed by atoms with Gasteiger partial charge in [0.1, 0.15) is 18.6 Å². The summed E-state index contributed by atoms with van der Waals surface area (Å²) in [7, 11) is 1.78. The summed E-state index contributed by atoms with van der Waals surface area (Å²) in [5, 5.41) is 45.5. The molecule has 0 heterocycles. The number of aliphatic carboxylic acids is 2. The molecule has 0 saturated carbocycles. The van der Waals surface area contributed by atoms with Gasteiger partial charge in [0.05, 0.1) is 4.90 Å². The van der Waals surface area contributed by atoms with E-state index in [0.717, 1.165) is 17.3 Å². The fourth-order valence-electron chi connectivity index (χ4n) is 2.65. The minimum absolute atomic E-state index is 0.0952. The van der Waals surface area contributed by atoms with Crippen LogP contribution < -0.4 is 21.7 Å². The average Bonchev–Trinajstić information content (AvgIpc) is 2.75. The SMILES string of the molecule is CN[C@H](C)Cc1cc(O)c(O)c(SC[C@@H](NC(=O)CC[C@H](N)C(=O)O)C(=O)NCC(=O)O)c1. The van der Waals surface area contributed by atoms with E-state index in [2.05, 4.69) is 16.0 Å². The van der Waals surface area contributed by atoms with Crippen molar-refractivity contribution in [1.29, 1.82) is 0 Å². The molecule has 184 valence electrons. The van der Waals surface area contributed by atoms with Crippen LogP contribution in [0.5, 0.6) is 11.5 Å². The Morgan fingerprint density at radius 3 is 2.39 bits per heavy atom. The summed E-state index contributed by atoms with van der Waals surface area (Å²) in [6.07, 6.45) is 0.142. The molecule has 1 rings (SSSR count). The van der Waals surface area contributed by atoms with Gasteiger partial charge in [-0.05, 0) is 44.5 Å². The first kappa shape index (κ1) is 28.0. The Balaban J connectivity index is 2.94. The van der Waals surface area contributed by atoms with Crippen molar-refractivity contribution in [2.24, 2.45) is 5.73 Å². The van der Waals surface area contributed by atoms with Crippen LogP contribution in [0.4, 0.5) is 0 Å². The molecule has 2 amide bonds. The van der Waals surface area contributed by atoms with Crippen LogP contribution in [-0.2, 0) is 25.6 Å². The van der Waals surface area contributed by atoms with E-state index in [1.54, 1.807) is 13.1 Å². The summed E-state index contributed by atoms with van der Waals surface area (Å²) in [5.74, 6) is -4.78. The molecule has 0 bridgehead atoms. The molecule has 0 aliphatic carbocycles. The van der Waals surface area contributed by atoms with Crippen LogP contribution in [0.3, 0.4) is 0 Å². The smallest absolute Gasteiger partial charge is 0.322 e. The number of hydrogen-bond acceptors (Lipinski definition) is 9. The van der Waals surface area contributed by atoms with E-state index in [0.29, 0.717) is 6.42 Å². The number of likely N-dealkylation sites (N-methyl/N-ethyl adjacent to an activating group) is 1. The molecular weight excluding hydrogens is 456 g/mol. The van der Waals surface area contributed by atoms with E-state index in [4.69, 9.17) is 15.9 Å². The van der Waals surface area contributed by atoms with E-state index < -0.39 is 42.4 Å². The average molecular weight is 487 g/mol. The zero-order valence-electron chi connectivity index (χ0n) is 18.3. The highest BCUT2D eigenvalue weighted by molar-refractivity contribution is 7.99. The van der Waals surface area contributed by atoms with Crippen molar-refractivity contribution in [3.8, 4) is 11.5 Å². The molecule has 13 heteroatoms. The lowest BCUT2D eigenvalue weighted by atomic mass is 10.1. The third-order valence-corrected chi connectivity index (χ3v) is 5.74. The number of hydrogen-bond donors (Lipinski definition) is 8. The standard InChI is InChI=1S/C20H30N4O8S/c1-10(22-2)5-11-6-14(25)18(29)15(7-11)33-9-13(19(30)23-8-17(27)28)24-16(26)4-3-12(21)20(31)32/h6-7,10,12-13,22,25,29H,3-5,8-9,21H2,1-2H3,(H,23,30)(H,24,26)(H,27,28)(H,31,32)/t10-,12+,13-/m1/s1. The first-order chi connectivity index (χ1) is 15.4. The lowest BCUT2D eigenvalue weighted by Crippen LogP contribution is -2.49. The van der Waals surface area contributed by atoms with E-state index in [1.165, 1.54) is 6.07 Å². The summed E-state index contributed by atoms with van der Waals surface area (Å²) in [4.78, 5) is 46.4. The lowest BCUT2D eigenvalue weighted by Gasteiger charge is -2.19. The highest BCUT2D eigenvalue weighted by Gasteiger charge is 2.24. The molecule has 9 N–H and O–H groups in total. The first-order valence-electron chi connectivity index (χ1n) is 10.1. The number of benzene rings is 1. The molecule has 0 aliphatic heterocycles. The summed E-state index contributed by atoms with van der Waals surface area (Å²) in [6.45, 7) is 1.27. The van der Waals surface area contributed by atoms with Crippen LogP contribution in [-0.4, -0.2) is 81.6 Å². The van der Waals surface area contributed by atoms with Gasteiger partial charge in [0.15, 0.2) is 11.5 Å². The van der Waals surface area contributed by atoms with Gasteiger partial charge >= 0.3 is 11.9 Å². The van der Waals surface area contributed by atoms with Crippen LogP contribution in [0.25, 0.3) is 0 Å². The monoisotopic (exact) mass is 486 g/mol. The second kappa shape index (κ2) is 13.5. The van der Waals surface area contributed by atoms with Gasteiger partial charge in [0.25, 0.3) is 0 Å². The molecule has 0 fully saturated rings. The van der Waals surface area contributed by atoms with Crippen LogP contribution >= 0.6 is 11.8 Å². The van der Waals surface area contributed by atoms with Gasteiger partial charge in [-0.15, -0.1) is 11.8 Å². The Morgan fingerprint density at radius 1 is 1.15 bits per heavy atom. The Bertz CT molecular complexity index is 867. The molecule has 0 aromatic heterocycles. The molecule has 0 unspecified atom stereocenters. The van der Waals surface area contributed by atoms with Gasteiger partial charge in [0, 0.05) is 18.2 Å². The zero-order valence-corrected chi connectivity index (χ0v) is 19.1. The van der Waals surface area contributed by atoms with Crippen molar-refractivity contribution in [2.75, 3.05) is 19.3 Å². The van der Waals surface area contributed by atoms with Crippen LogP contribution in [0.2, 0.25) is 0 Å². The number of carbonyl (C=O) groups excluding carboxylic acids is 2. The van der Waals surface area contributed by atoms with Gasteiger partial charge in [-0.1, -0.05) is 0 Å². The molecule has 0 spiro atoms. The zero-order chi connectivity index (χ0) is 25.1. The van der Waals surface area contributed by atoms with Crippen molar-refractivity contribution in [1.82, 2.24) is 16.0 Å². The molecule has 12 nitrogen and oxygen atoms in total. The van der Waals surface area contributed by atoms with E-state index in [-0.39, 0.29) is 41.0 Å². The molecule has 1 aromatic rings. The summed E-state index contributed by atoms with van der Waals surface area (Å²) in [6, 6.07) is 0.736. The van der Waals surface area contributed by atoms with E-state index in [1.807, 2.05) is 6.92 Å². The number of carboxylic acid groups (broad SMARTS) is 2. The van der Waals surface area contributed by atoms with Crippen molar-refractivity contribution in [3.05, 3.63) is 17.7 Å². The quantitative estimate of drug-likeness (QED) is 0.121. The maximum atomic E-state index is 12.4. The summed E-state index contributed by atoms with van der Waals surface area (Å²) in [5.41, 5.74) is 6.11. The van der Waals surface area contributed by atoms with Gasteiger partial charge in [-0.25, -0.2) is 0 Å². The highest BCUT2D eigenvalue weighted by atomic mass is 32.2. The van der Waals surface area contributed by atoms with E-state index >= 15 is 0 Å². The predicted molar refractivity (Wildman–Crippen MR) is 120 cm³/mol. The fourth-order valence-corrected chi connectivity index (χ4v) is 3.71. The largest absolute Gasteiger partial charge is 0.504 e. The second-order valence-corrected chi connectivity index (χ2v) is 8.44. The number of carboxylic acids is 2. The Labute approximate surface area is 194 Å². The number of carbonyl (C=O) groups is 4. The number of nitrogens with one attached hydrogen (secondary N) is 3. The number of phenolic OH excluding ortho intramolecular Hbond substituents is 2. The first-order valence-corrected chi connectivity index (χ1v) is 11.0. The topological polar surface area (TPSA) is 211 Å². The molecule has 0 saturated heterocycles. The molecule has 33 heavy (non-hydrogen) atoms. The minimum atomic E-state index is -1.28. The van der Waals surface area contributed by atoms with Gasteiger partial charge < -0.3 is 42.1 Å². The third kappa shape index (κ3) is 9.97. The molecule has 0 aliphatic rings. The maximum absolute atomic E-state index is 12.4. The second-order valence-electron chi connectivity index (χ2n) is 7.38. The van der Waals surface area contributed by atoms with Gasteiger partial charge in [-0.2, -0.15) is 0 Å². The Morgan fingerprint density at radius 2 is 1.82 bits per heavy atom. The van der Waals surface area contributed by atoms with Crippen molar-refractivity contribution < 1.29 is 39.6 Å². The maximum Gasteiger partial charge on any atom is 0.322 e. The lowest BCUT2D eigenvalue weighted by molar-refractivity contribution is -0.139. The Kier molecular flexibility index (Phi) is 11.5. The molecular formula is C20H30N4O8S. The molecule has 3 atom stereocenters. The number of thioether (sulfide) groups is 1. The summed E-state index contributed by atoms with van der Waals surface area (Å²) < 4.78 is 0. The normalized spacial score (nSPS) is 13.5. The van der Waals surface area contributed by atoms with Crippen molar-refractivity contribution >= 4 is 35.5 Å². The van der Waals surface area contributed by atoms with Crippen LogP contribution in [0.15, 0.2) is 17.0 Å². The number of phenols is 2. The number of rotatable bonds is 14. The number of aromatic hydroxyl groups is 2. The predicted octanol–water partition coefficient (Wildman–Crippen LogP) is -0.782. The Hall–Kier alpha value is -3.03. The molecule has 0 radical (unpaired) electrons. The number of amides is 2. The third-order valence-electron chi connectivity index (χ3n) is 4.62.